The smallest absolute Gasteiger partial charge is 0.306 e. The van der Waals surface area contributed by atoms with E-state index in [9.17, 15) is 4.79 Å². The summed E-state index contributed by atoms with van der Waals surface area (Å²) in [5.74, 6) is 0.00414. The van der Waals surface area contributed by atoms with E-state index < -0.39 is 0 Å². The Hall–Kier alpha value is -2.82. The van der Waals surface area contributed by atoms with E-state index in [0.717, 1.165) is 22.5 Å². The van der Waals surface area contributed by atoms with Crippen molar-refractivity contribution < 1.29 is 4.79 Å². The lowest BCUT2D eigenvalue weighted by atomic mass is 9.91. The van der Waals surface area contributed by atoms with Gasteiger partial charge in [-0.15, -0.1) is 0 Å². The van der Waals surface area contributed by atoms with Crippen LogP contribution >= 0.6 is 23.2 Å². The molecule has 1 aliphatic heterocycles. The number of hydrogen-bond acceptors (Lipinski definition) is 2. The van der Waals surface area contributed by atoms with E-state index in [1.54, 1.807) is 0 Å². The summed E-state index contributed by atoms with van der Waals surface area (Å²) in [6.07, 6.45) is 0.638. The molecule has 2 amide bonds. The van der Waals surface area contributed by atoms with Crippen molar-refractivity contribution in [3.63, 3.8) is 0 Å². The van der Waals surface area contributed by atoms with Crippen molar-refractivity contribution in [3.05, 3.63) is 100 Å². The summed E-state index contributed by atoms with van der Waals surface area (Å²) in [6.45, 7) is 0.475. The van der Waals surface area contributed by atoms with Gasteiger partial charge in [-0.25, -0.2) is 9.80 Å². The molecule has 0 radical (unpaired) electrons. The molecule has 4 nitrogen and oxygen atoms in total. The molecule has 0 aliphatic carbocycles. The molecule has 1 aliphatic rings. The van der Waals surface area contributed by atoms with Crippen molar-refractivity contribution in [2.24, 2.45) is 5.10 Å². The zero-order valence-corrected chi connectivity index (χ0v) is 17.1. The molecule has 0 saturated heterocycles. The fourth-order valence-electron chi connectivity index (χ4n) is 3.34. The maximum atomic E-state index is 12.8. The molecule has 1 unspecified atom stereocenters. The molecule has 29 heavy (non-hydrogen) atoms. The van der Waals surface area contributed by atoms with E-state index in [1.165, 1.54) is 5.01 Å². The van der Waals surface area contributed by atoms with Gasteiger partial charge in [-0.05, 0) is 47.5 Å². The largest absolute Gasteiger partial charge is 0.342 e. The van der Waals surface area contributed by atoms with E-state index >= 15 is 0 Å². The Morgan fingerprint density at radius 2 is 1.55 bits per heavy atom. The van der Waals surface area contributed by atoms with Gasteiger partial charge in [-0.2, -0.15) is 5.10 Å². The first kappa shape index (κ1) is 19.5. The van der Waals surface area contributed by atoms with Crippen molar-refractivity contribution in [1.82, 2.24) is 5.01 Å². The number of anilines is 1. The second-order valence-electron chi connectivity index (χ2n) is 6.88. The number of rotatable bonds is 4. The number of carbonyl (C=O) groups excluding carboxylic acids is 1. The summed E-state index contributed by atoms with van der Waals surface area (Å²) in [6, 6.07) is 24.5. The van der Waals surface area contributed by atoms with Gasteiger partial charge in [0.2, 0.25) is 0 Å². The predicted molar refractivity (Wildman–Crippen MR) is 119 cm³/mol. The van der Waals surface area contributed by atoms with Crippen LogP contribution in [0.5, 0.6) is 0 Å². The normalized spacial score (nSPS) is 15.9. The average Bonchev–Trinajstić information content (AvgIpc) is 3.15. The van der Waals surface area contributed by atoms with E-state index in [0.29, 0.717) is 23.0 Å². The molecule has 1 N–H and O–H groups in total. The van der Waals surface area contributed by atoms with Gasteiger partial charge >= 0.3 is 6.03 Å². The molecule has 146 valence electrons. The van der Waals surface area contributed by atoms with Crippen molar-refractivity contribution in [1.29, 1.82) is 0 Å². The van der Waals surface area contributed by atoms with Crippen LogP contribution < -0.4 is 5.32 Å². The molecule has 0 spiro atoms. The number of para-hydroxylation sites is 1. The molecule has 0 bridgehead atoms. The molecule has 3 aromatic carbocycles. The van der Waals surface area contributed by atoms with Crippen LogP contribution in [-0.2, 0) is 6.42 Å². The first-order chi connectivity index (χ1) is 14.1. The maximum Gasteiger partial charge on any atom is 0.342 e. The fraction of sp³-hybridized carbons (Fsp3) is 0.130. The number of amides is 2. The van der Waals surface area contributed by atoms with E-state index in [-0.39, 0.29) is 11.9 Å². The lowest BCUT2D eigenvalue weighted by Gasteiger charge is -2.16. The Morgan fingerprint density at radius 3 is 2.21 bits per heavy atom. The summed E-state index contributed by atoms with van der Waals surface area (Å²) in [5.41, 5.74) is 3.84. The number of urea groups is 1. The molecule has 4 rings (SSSR count). The third-order valence-electron chi connectivity index (χ3n) is 4.84. The standard InChI is InChI=1S/C23H19Cl2N3O/c24-18-10-6-16(7-11-18)14-22-21(17-8-12-19(25)13-9-17)15-28(27-22)23(29)26-20-4-2-1-3-5-20/h1-13,21H,14-15H2,(H,26,29). The molecule has 1 heterocycles. The number of hydrogen-bond donors (Lipinski definition) is 1. The maximum absolute atomic E-state index is 12.8. The van der Waals surface area contributed by atoms with Crippen LogP contribution in [0.3, 0.4) is 0 Å². The van der Waals surface area contributed by atoms with Gasteiger partial charge in [-0.1, -0.05) is 65.7 Å². The number of nitrogens with one attached hydrogen (secondary N) is 1. The van der Waals surface area contributed by atoms with Crippen LogP contribution in [0, 0.1) is 0 Å². The predicted octanol–water partition coefficient (Wildman–Crippen LogP) is 6.22. The molecule has 3 aromatic rings. The summed E-state index contributed by atoms with van der Waals surface area (Å²) < 4.78 is 0. The van der Waals surface area contributed by atoms with Crippen molar-refractivity contribution in [2.45, 2.75) is 12.3 Å². The Kier molecular flexibility index (Phi) is 5.84. The quantitative estimate of drug-likeness (QED) is 0.531. The zero-order chi connectivity index (χ0) is 20.2. The summed E-state index contributed by atoms with van der Waals surface area (Å²) >= 11 is 12.1. The van der Waals surface area contributed by atoms with Crippen LogP contribution in [-0.4, -0.2) is 23.3 Å². The Bertz CT molecular complexity index is 1020. The molecule has 1 atom stereocenters. The highest BCUT2D eigenvalue weighted by atomic mass is 35.5. The van der Waals surface area contributed by atoms with Gasteiger partial charge in [0, 0.05) is 28.1 Å². The highest BCUT2D eigenvalue weighted by molar-refractivity contribution is 6.30. The summed E-state index contributed by atoms with van der Waals surface area (Å²) in [5, 5.41) is 10.4. The minimum Gasteiger partial charge on any atom is -0.306 e. The SMILES string of the molecule is O=C(Nc1ccccc1)N1CC(c2ccc(Cl)cc2)C(Cc2ccc(Cl)cc2)=N1. The minimum absolute atomic E-state index is 0.00414. The van der Waals surface area contributed by atoms with Crippen molar-refractivity contribution >= 4 is 40.6 Å². The van der Waals surface area contributed by atoms with Gasteiger partial charge in [-0.3, -0.25) is 0 Å². The molecule has 0 saturated carbocycles. The zero-order valence-electron chi connectivity index (χ0n) is 15.6. The lowest BCUT2D eigenvalue weighted by Crippen LogP contribution is -2.30. The van der Waals surface area contributed by atoms with E-state index in [1.807, 2.05) is 78.9 Å². The van der Waals surface area contributed by atoms with E-state index in [2.05, 4.69) is 10.4 Å². The minimum atomic E-state index is -0.249. The van der Waals surface area contributed by atoms with Crippen LogP contribution in [0.1, 0.15) is 17.0 Å². The summed E-state index contributed by atoms with van der Waals surface area (Å²) in [4.78, 5) is 12.8. The number of halogens is 2. The molecule has 0 fully saturated rings. The second-order valence-corrected chi connectivity index (χ2v) is 7.75. The second kappa shape index (κ2) is 8.68. The first-order valence-electron chi connectivity index (χ1n) is 9.29. The van der Waals surface area contributed by atoms with Crippen molar-refractivity contribution in [3.8, 4) is 0 Å². The molecule has 6 heteroatoms. The molecule has 0 aromatic heterocycles. The first-order valence-corrected chi connectivity index (χ1v) is 10.0. The van der Waals surface area contributed by atoms with Crippen LogP contribution in [0.15, 0.2) is 84.0 Å². The highest BCUT2D eigenvalue weighted by Crippen LogP contribution is 2.29. The van der Waals surface area contributed by atoms with Crippen LogP contribution in [0.25, 0.3) is 0 Å². The molecular weight excluding hydrogens is 405 g/mol. The van der Waals surface area contributed by atoms with Crippen LogP contribution in [0.2, 0.25) is 10.0 Å². The Labute approximate surface area is 179 Å². The lowest BCUT2D eigenvalue weighted by molar-refractivity contribution is 0.218. The highest BCUT2D eigenvalue weighted by Gasteiger charge is 2.31. The Morgan fingerprint density at radius 1 is 0.931 bits per heavy atom. The number of carbonyl (C=O) groups is 1. The van der Waals surface area contributed by atoms with Gasteiger partial charge in [0.15, 0.2) is 0 Å². The van der Waals surface area contributed by atoms with Gasteiger partial charge < -0.3 is 5.32 Å². The Balaban J connectivity index is 1.58. The number of nitrogens with zero attached hydrogens (tertiary/aromatic N) is 2. The van der Waals surface area contributed by atoms with Crippen molar-refractivity contribution in [2.75, 3.05) is 11.9 Å². The van der Waals surface area contributed by atoms with Gasteiger partial charge in [0.1, 0.15) is 0 Å². The van der Waals surface area contributed by atoms with Gasteiger partial charge in [0.25, 0.3) is 0 Å². The third-order valence-corrected chi connectivity index (χ3v) is 5.34. The number of hydrazone groups is 1. The molecular formula is C23H19Cl2N3O. The van der Waals surface area contributed by atoms with Gasteiger partial charge in [0.05, 0.1) is 12.3 Å². The average molecular weight is 424 g/mol. The number of benzene rings is 3. The third kappa shape index (κ3) is 4.78. The fourth-order valence-corrected chi connectivity index (χ4v) is 3.60. The monoisotopic (exact) mass is 423 g/mol. The van der Waals surface area contributed by atoms with Crippen LogP contribution in [0.4, 0.5) is 10.5 Å². The van der Waals surface area contributed by atoms with E-state index in [4.69, 9.17) is 23.2 Å². The topological polar surface area (TPSA) is 44.7 Å². The summed E-state index contributed by atoms with van der Waals surface area (Å²) in [7, 11) is 0.